The van der Waals surface area contributed by atoms with Crippen LogP contribution in [0.25, 0.3) is 5.82 Å². The molecule has 0 bridgehead atoms. The standard InChI is InChI=1S/C11H13N3.2C2H6/c1-9-4-5-11(13-8-9)14-6-2-3-10(14)7-12;2*1-2/h2-6,8H,7,12H2,1H3;2*1-2H3. The molecule has 0 unspecified atom stereocenters. The average Bonchev–Trinajstić information content (AvgIpc) is 2.92. The van der Waals surface area contributed by atoms with Crippen LogP contribution in [-0.2, 0) is 6.54 Å². The molecule has 3 nitrogen and oxygen atoms in total. The number of hydrogen-bond donors (Lipinski definition) is 1. The van der Waals surface area contributed by atoms with Gasteiger partial charge in [-0.25, -0.2) is 4.98 Å². The van der Waals surface area contributed by atoms with Crippen LogP contribution >= 0.6 is 0 Å². The zero-order valence-corrected chi connectivity index (χ0v) is 12.1. The van der Waals surface area contributed by atoms with Crippen LogP contribution in [0, 0.1) is 6.92 Å². The summed E-state index contributed by atoms with van der Waals surface area (Å²) in [6, 6.07) is 8.02. The predicted octanol–water partition coefficient (Wildman–Crippen LogP) is 3.69. The van der Waals surface area contributed by atoms with E-state index in [4.69, 9.17) is 5.73 Å². The normalized spacial score (nSPS) is 8.78. The van der Waals surface area contributed by atoms with Gasteiger partial charge in [0.15, 0.2) is 0 Å². The second kappa shape index (κ2) is 9.42. The molecule has 0 aliphatic heterocycles. The Hall–Kier alpha value is -1.61. The molecule has 0 radical (unpaired) electrons. The second-order valence-corrected chi connectivity index (χ2v) is 3.27. The van der Waals surface area contributed by atoms with Crippen molar-refractivity contribution in [3.05, 3.63) is 47.9 Å². The summed E-state index contributed by atoms with van der Waals surface area (Å²) in [6.07, 6.45) is 3.83. The topological polar surface area (TPSA) is 43.8 Å². The lowest BCUT2D eigenvalue weighted by Gasteiger charge is -2.06. The van der Waals surface area contributed by atoms with Crippen molar-refractivity contribution in [3.8, 4) is 5.82 Å². The van der Waals surface area contributed by atoms with Crippen LogP contribution in [0.5, 0.6) is 0 Å². The fourth-order valence-electron chi connectivity index (χ4n) is 1.41. The van der Waals surface area contributed by atoms with E-state index < -0.39 is 0 Å². The molecule has 18 heavy (non-hydrogen) atoms. The molecular weight excluding hydrogens is 222 g/mol. The van der Waals surface area contributed by atoms with E-state index in [9.17, 15) is 0 Å². The molecule has 3 heteroatoms. The average molecular weight is 247 g/mol. The molecule has 2 rings (SSSR count). The Morgan fingerprint density at radius 3 is 2.28 bits per heavy atom. The summed E-state index contributed by atoms with van der Waals surface area (Å²) in [4.78, 5) is 4.34. The molecule has 0 saturated heterocycles. The van der Waals surface area contributed by atoms with Crippen molar-refractivity contribution in [1.29, 1.82) is 0 Å². The molecular formula is C15H25N3. The van der Waals surface area contributed by atoms with E-state index in [2.05, 4.69) is 4.98 Å². The molecule has 0 aliphatic rings. The molecule has 100 valence electrons. The van der Waals surface area contributed by atoms with Gasteiger partial charge in [-0.15, -0.1) is 0 Å². The van der Waals surface area contributed by atoms with Crippen LogP contribution in [0.4, 0.5) is 0 Å². The van der Waals surface area contributed by atoms with Crippen molar-refractivity contribution < 1.29 is 0 Å². The van der Waals surface area contributed by atoms with Gasteiger partial charge in [0.25, 0.3) is 0 Å². The van der Waals surface area contributed by atoms with E-state index in [0.29, 0.717) is 6.54 Å². The maximum absolute atomic E-state index is 5.61. The van der Waals surface area contributed by atoms with Gasteiger partial charge in [0.05, 0.1) is 0 Å². The highest BCUT2D eigenvalue weighted by Gasteiger charge is 2.01. The van der Waals surface area contributed by atoms with Crippen molar-refractivity contribution in [1.82, 2.24) is 9.55 Å². The maximum Gasteiger partial charge on any atom is 0.136 e. The number of rotatable bonds is 2. The molecule has 0 spiro atoms. The molecule has 2 heterocycles. The minimum absolute atomic E-state index is 0.530. The lowest BCUT2D eigenvalue weighted by molar-refractivity contribution is 0.884. The van der Waals surface area contributed by atoms with Gasteiger partial charge in [0.2, 0.25) is 0 Å². The summed E-state index contributed by atoms with van der Waals surface area (Å²) < 4.78 is 2.00. The first-order chi connectivity index (χ1) is 8.81. The maximum atomic E-state index is 5.61. The van der Waals surface area contributed by atoms with Gasteiger partial charge < -0.3 is 10.3 Å². The van der Waals surface area contributed by atoms with Crippen LogP contribution in [0.1, 0.15) is 39.0 Å². The zero-order valence-electron chi connectivity index (χ0n) is 12.1. The molecule has 0 atom stereocenters. The third kappa shape index (κ3) is 4.34. The van der Waals surface area contributed by atoms with Crippen molar-refractivity contribution >= 4 is 0 Å². The highest BCUT2D eigenvalue weighted by Crippen LogP contribution is 2.09. The predicted molar refractivity (Wildman–Crippen MR) is 78.9 cm³/mol. The Balaban J connectivity index is 0.000000659. The quantitative estimate of drug-likeness (QED) is 0.879. The summed E-state index contributed by atoms with van der Waals surface area (Å²) in [5.41, 5.74) is 7.85. The van der Waals surface area contributed by atoms with E-state index in [0.717, 1.165) is 17.1 Å². The molecule has 0 saturated carbocycles. The number of nitrogens with two attached hydrogens (primary N) is 1. The van der Waals surface area contributed by atoms with Gasteiger partial charge in [-0.3, -0.25) is 0 Å². The first kappa shape index (κ1) is 16.4. The highest BCUT2D eigenvalue weighted by molar-refractivity contribution is 5.29. The lowest BCUT2D eigenvalue weighted by atomic mass is 10.3. The van der Waals surface area contributed by atoms with Crippen LogP contribution < -0.4 is 5.73 Å². The van der Waals surface area contributed by atoms with Crippen molar-refractivity contribution in [2.24, 2.45) is 5.73 Å². The number of aryl methyl sites for hydroxylation is 1. The summed E-state index contributed by atoms with van der Waals surface area (Å²) in [6.45, 7) is 10.6. The minimum atomic E-state index is 0.530. The molecule has 0 fully saturated rings. The van der Waals surface area contributed by atoms with E-state index >= 15 is 0 Å². The van der Waals surface area contributed by atoms with Crippen molar-refractivity contribution in [3.63, 3.8) is 0 Å². The minimum Gasteiger partial charge on any atom is -0.325 e. The zero-order chi connectivity index (χ0) is 14.0. The summed E-state index contributed by atoms with van der Waals surface area (Å²) in [5, 5.41) is 0. The smallest absolute Gasteiger partial charge is 0.136 e. The Morgan fingerprint density at radius 1 is 1.11 bits per heavy atom. The highest BCUT2D eigenvalue weighted by atomic mass is 15.1. The van der Waals surface area contributed by atoms with Crippen LogP contribution in [0.3, 0.4) is 0 Å². The Bertz CT molecular complexity index is 416. The Labute approximate surface area is 111 Å². The number of nitrogens with zero attached hydrogens (tertiary/aromatic N) is 2. The largest absolute Gasteiger partial charge is 0.325 e. The van der Waals surface area contributed by atoms with Crippen LogP contribution in [0.2, 0.25) is 0 Å². The molecule has 0 aliphatic carbocycles. The van der Waals surface area contributed by atoms with Crippen LogP contribution in [-0.4, -0.2) is 9.55 Å². The Morgan fingerprint density at radius 2 is 1.78 bits per heavy atom. The molecule has 0 aromatic carbocycles. The SMILES string of the molecule is CC.CC.Cc1ccc(-n2cccc2CN)nc1. The van der Waals surface area contributed by atoms with E-state index in [1.54, 1.807) is 0 Å². The third-order valence-electron chi connectivity index (χ3n) is 2.18. The van der Waals surface area contributed by atoms with Gasteiger partial charge in [0.1, 0.15) is 5.82 Å². The molecule has 2 aromatic rings. The van der Waals surface area contributed by atoms with Crippen LogP contribution in [0.15, 0.2) is 36.7 Å². The van der Waals surface area contributed by atoms with Gasteiger partial charge in [-0.1, -0.05) is 33.8 Å². The fraction of sp³-hybridized carbons (Fsp3) is 0.400. The summed E-state index contributed by atoms with van der Waals surface area (Å²) >= 11 is 0. The van der Waals surface area contributed by atoms with Gasteiger partial charge in [-0.05, 0) is 30.7 Å². The Kier molecular flexibility index (Phi) is 8.58. The first-order valence-corrected chi connectivity index (χ1v) is 6.60. The number of aromatic nitrogens is 2. The third-order valence-corrected chi connectivity index (χ3v) is 2.18. The van der Waals surface area contributed by atoms with Crippen molar-refractivity contribution in [2.75, 3.05) is 0 Å². The monoisotopic (exact) mass is 247 g/mol. The van der Waals surface area contributed by atoms with Crippen molar-refractivity contribution in [2.45, 2.75) is 41.2 Å². The number of hydrogen-bond acceptors (Lipinski definition) is 2. The van der Waals surface area contributed by atoms with E-state index in [1.165, 1.54) is 0 Å². The van der Waals surface area contributed by atoms with E-state index in [1.807, 2.05) is 75.8 Å². The first-order valence-electron chi connectivity index (χ1n) is 6.60. The molecule has 2 aromatic heterocycles. The van der Waals surface area contributed by atoms with Gasteiger partial charge in [-0.2, -0.15) is 0 Å². The van der Waals surface area contributed by atoms with E-state index in [-0.39, 0.29) is 0 Å². The molecule has 0 amide bonds. The summed E-state index contributed by atoms with van der Waals surface area (Å²) in [7, 11) is 0. The second-order valence-electron chi connectivity index (χ2n) is 3.27. The number of pyridine rings is 1. The van der Waals surface area contributed by atoms with Gasteiger partial charge >= 0.3 is 0 Å². The fourth-order valence-corrected chi connectivity index (χ4v) is 1.41. The summed E-state index contributed by atoms with van der Waals surface area (Å²) in [5.74, 6) is 0.918. The lowest BCUT2D eigenvalue weighted by Crippen LogP contribution is -2.05. The molecule has 2 N–H and O–H groups in total. The van der Waals surface area contributed by atoms with Gasteiger partial charge in [0, 0.05) is 24.6 Å².